The number of anilines is 3. The molecular weight excluding hydrogens is 543 g/mol. The zero-order valence-corrected chi connectivity index (χ0v) is 24.0. The number of furan rings is 1. The molecule has 43 heavy (non-hydrogen) atoms. The maximum Gasteiger partial charge on any atom is 0.159 e. The quantitative estimate of drug-likeness (QED) is 0.210. The van der Waals surface area contributed by atoms with Gasteiger partial charge in [0.15, 0.2) is 5.58 Å². The topological polar surface area (TPSA) is 16.4 Å². The highest BCUT2D eigenvalue weighted by molar-refractivity contribution is 7.27. The Balaban J connectivity index is 1.35. The van der Waals surface area contributed by atoms with E-state index < -0.39 is 0 Å². The zero-order chi connectivity index (χ0) is 28.3. The number of rotatable bonds is 4. The van der Waals surface area contributed by atoms with Gasteiger partial charge < -0.3 is 9.32 Å². The minimum Gasteiger partial charge on any atom is -0.453 e. The molecule has 0 unspecified atom stereocenters. The molecule has 0 saturated heterocycles. The Labute approximate surface area is 252 Å². The Morgan fingerprint density at radius 2 is 1.02 bits per heavy atom. The van der Waals surface area contributed by atoms with E-state index >= 15 is 0 Å². The molecule has 9 aromatic rings. The lowest BCUT2D eigenvalue weighted by Gasteiger charge is -2.25. The summed E-state index contributed by atoms with van der Waals surface area (Å²) in [5.74, 6) is 0. The molecule has 7 aromatic carbocycles. The van der Waals surface area contributed by atoms with Crippen molar-refractivity contribution in [2.24, 2.45) is 0 Å². The summed E-state index contributed by atoms with van der Waals surface area (Å²) in [5, 5.41) is 7.26. The Morgan fingerprint density at radius 3 is 1.81 bits per heavy atom. The highest BCUT2D eigenvalue weighted by atomic mass is 32.1. The third-order valence-electron chi connectivity index (χ3n) is 8.45. The summed E-state index contributed by atoms with van der Waals surface area (Å²) in [7, 11) is 0. The van der Waals surface area contributed by atoms with Crippen LogP contribution in [0.15, 0.2) is 156 Å². The highest BCUT2D eigenvalue weighted by Crippen LogP contribution is 2.49. The highest BCUT2D eigenvalue weighted by Gasteiger charge is 2.23. The van der Waals surface area contributed by atoms with Crippen LogP contribution in [0, 0.1) is 0 Å². The number of benzene rings is 7. The maximum absolute atomic E-state index is 7.05. The van der Waals surface area contributed by atoms with E-state index in [1.165, 1.54) is 47.5 Å². The summed E-state index contributed by atoms with van der Waals surface area (Å²) in [6.45, 7) is 0. The summed E-state index contributed by atoms with van der Waals surface area (Å²) >= 11 is 1.85. The average Bonchev–Trinajstić information content (AvgIpc) is 3.66. The second-order valence-electron chi connectivity index (χ2n) is 10.9. The van der Waals surface area contributed by atoms with Gasteiger partial charge in [0.1, 0.15) is 5.58 Å². The minimum absolute atomic E-state index is 0.890. The van der Waals surface area contributed by atoms with Crippen molar-refractivity contribution in [2.75, 3.05) is 4.90 Å². The molecule has 0 bridgehead atoms. The summed E-state index contributed by atoms with van der Waals surface area (Å²) in [6, 6.07) is 53.9. The number of fused-ring (bicyclic) bond motifs is 10. The number of nitrogens with zero attached hydrogens (tertiary/aromatic N) is 1. The van der Waals surface area contributed by atoms with Gasteiger partial charge >= 0.3 is 0 Å². The molecular formula is C40H25NOS. The molecule has 0 spiro atoms. The zero-order valence-electron chi connectivity index (χ0n) is 23.2. The molecule has 2 nitrogen and oxygen atoms in total. The number of hydrogen-bond donors (Lipinski definition) is 0. The predicted molar refractivity (Wildman–Crippen MR) is 184 cm³/mol. The van der Waals surface area contributed by atoms with Gasteiger partial charge in [-0.3, -0.25) is 0 Å². The summed E-state index contributed by atoms with van der Waals surface area (Å²) in [4.78, 5) is 2.31. The monoisotopic (exact) mass is 567 g/mol. The van der Waals surface area contributed by atoms with Crippen molar-refractivity contribution in [1.29, 1.82) is 0 Å². The largest absolute Gasteiger partial charge is 0.453 e. The molecule has 0 saturated carbocycles. The molecule has 9 rings (SSSR count). The van der Waals surface area contributed by atoms with E-state index in [-0.39, 0.29) is 0 Å². The fourth-order valence-corrected chi connectivity index (χ4v) is 7.76. The van der Waals surface area contributed by atoms with Gasteiger partial charge in [-0.1, -0.05) is 115 Å². The number of thiophene rings is 1. The number of para-hydroxylation sites is 2. The standard InChI is InChI=1S/C40H25NOS/c1-3-12-26(13-4-1)27-22-24-29(25-23-27)41(28-14-5-2-6-15-28)34-20-11-19-33-36-30-16-7-8-17-31(30)40-37(39(36)42-38(33)34)32-18-9-10-21-35(32)43-40/h1-25H. The second-order valence-corrected chi connectivity index (χ2v) is 11.9. The van der Waals surface area contributed by atoms with Crippen LogP contribution in [0.25, 0.3) is 64.0 Å². The fourth-order valence-electron chi connectivity index (χ4n) is 6.52. The lowest BCUT2D eigenvalue weighted by Crippen LogP contribution is -2.10. The van der Waals surface area contributed by atoms with Gasteiger partial charge in [-0.25, -0.2) is 0 Å². The molecule has 202 valence electrons. The molecule has 0 atom stereocenters. The van der Waals surface area contributed by atoms with E-state index in [1.807, 2.05) is 11.3 Å². The van der Waals surface area contributed by atoms with Crippen molar-refractivity contribution in [3.05, 3.63) is 152 Å². The Morgan fingerprint density at radius 1 is 0.419 bits per heavy atom. The lowest BCUT2D eigenvalue weighted by molar-refractivity contribution is 0.673. The normalized spacial score (nSPS) is 11.7. The van der Waals surface area contributed by atoms with Crippen LogP contribution in [-0.2, 0) is 0 Å². The molecule has 0 aliphatic carbocycles. The molecule has 0 aliphatic heterocycles. The first kappa shape index (κ1) is 24.2. The summed E-state index contributed by atoms with van der Waals surface area (Å²) in [6.07, 6.45) is 0. The Hall–Kier alpha value is -5.38. The van der Waals surface area contributed by atoms with E-state index in [9.17, 15) is 0 Å². The van der Waals surface area contributed by atoms with Gasteiger partial charge in [-0.15, -0.1) is 11.3 Å². The first-order chi connectivity index (χ1) is 21.3. The van der Waals surface area contributed by atoms with Crippen LogP contribution in [0.3, 0.4) is 0 Å². The van der Waals surface area contributed by atoms with Gasteiger partial charge in [0.25, 0.3) is 0 Å². The van der Waals surface area contributed by atoms with Gasteiger partial charge in [-0.05, 0) is 52.9 Å². The Kier molecular flexibility index (Phi) is 5.40. The van der Waals surface area contributed by atoms with Gasteiger partial charge in [0.2, 0.25) is 0 Å². The first-order valence-corrected chi connectivity index (χ1v) is 15.3. The van der Waals surface area contributed by atoms with Crippen molar-refractivity contribution in [3.8, 4) is 11.1 Å². The van der Waals surface area contributed by atoms with Crippen molar-refractivity contribution in [2.45, 2.75) is 0 Å². The SMILES string of the molecule is c1ccc(-c2ccc(N(c3ccccc3)c3cccc4c3oc3c4c4ccccc4c4sc5ccccc5c34)cc2)cc1. The minimum atomic E-state index is 0.890. The molecule has 2 aromatic heterocycles. The van der Waals surface area contributed by atoms with E-state index in [0.29, 0.717) is 0 Å². The first-order valence-electron chi connectivity index (χ1n) is 14.5. The van der Waals surface area contributed by atoms with Crippen LogP contribution in [0.1, 0.15) is 0 Å². The third-order valence-corrected chi connectivity index (χ3v) is 9.65. The van der Waals surface area contributed by atoms with Crippen LogP contribution in [0.4, 0.5) is 17.1 Å². The molecule has 0 radical (unpaired) electrons. The fraction of sp³-hybridized carbons (Fsp3) is 0. The van der Waals surface area contributed by atoms with Crippen molar-refractivity contribution < 1.29 is 4.42 Å². The smallest absolute Gasteiger partial charge is 0.159 e. The molecule has 0 N–H and O–H groups in total. The average molecular weight is 568 g/mol. The van der Waals surface area contributed by atoms with Crippen LogP contribution in [0.2, 0.25) is 0 Å². The van der Waals surface area contributed by atoms with Crippen molar-refractivity contribution in [3.63, 3.8) is 0 Å². The Bertz CT molecular complexity index is 2440. The maximum atomic E-state index is 7.05. The molecule has 0 aliphatic rings. The predicted octanol–water partition coefficient (Wildman–Crippen LogP) is 12.2. The lowest BCUT2D eigenvalue weighted by atomic mass is 9.99. The summed E-state index contributed by atoms with van der Waals surface area (Å²) < 4.78 is 9.61. The van der Waals surface area contributed by atoms with E-state index in [0.717, 1.165) is 33.6 Å². The molecule has 0 amide bonds. The number of hydrogen-bond acceptors (Lipinski definition) is 3. The third kappa shape index (κ3) is 3.72. The van der Waals surface area contributed by atoms with Gasteiger partial charge in [0.05, 0.1) is 5.69 Å². The van der Waals surface area contributed by atoms with Crippen LogP contribution < -0.4 is 4.90 Å². The van der Waals surface area contributed by atoms with Crippen LogP contribution in [-0.4, -0.2) is 0 Å². The van der Waals surface area contributed by atoms with E-state index in [2.05, 4.69) is 157 Å². The summed E-state index contributed by atoms with van der Waals surface area (Å²) in [5.41, 5.74) is 7.43. The van der Waals surface area contributed by atoms with Crippen LogP contribution in [0.5, 0.6) is 0 Å². The van der Waals surface area contributed by atoms with Crippen LogP contribution >= 0.6 is 11.3 Å². The van der Waals surface area contributed by atoms with Crippen molar-refractivity contribution >= 4 is 81.3 Å². The molecule has 3 heteroatoms. The van der Waals surface area contributed by atoms with Crippen molar-refractivity contribution in [1.82, 2.24) is 0 Å². The van der Waals surface area contributed by atoms with Gasteiger partial charge in [-0.2, -0.15) is 0 Å². The second kappa shape index (κ2) is 9.59. The molecule has 0 fully saturated rings. The van der Waals surface area contributed by atoms with Gasteiger partial charge in [0, 0.05) is 47.7 Å². The van der Waals surface area contributed by atoms with E-state index in [1.54, 1.807) is 0 Å². The molecule has 2 heterocycles. The van der Waals surface area contributed by atoms with E-state index in [4.69, 9.17) is 4.42 Å².